The number of rotatable bonds is 4. The Morgan fingerprint density at radius 3 is 2.71 bits per heavy atom. The topological polar surface area (TPSA) is 26.3 Å². The molecule has 1 spiro atoms. The summed E-state index contributed by atoms with van der Waals surface area (Å²) in [7, 11) is 0. The van der Waals surface area contributed by atoms with E-state index in [0.29, 0.717) is 16.6 Å². The number of hydrogen-bond donors (Lipinski definition) is 0. The minimum absolute atomic E-state index is 0.114. The first-order chi connectivity index (χ1) is 13.5. The minimum Gasteiger partial charge on any atom is -0.374 e. The van der Waals surface area contributed by atoms with Crippen molar-refractivity contribution in [1.29, 1.82) is 0 Å². The first kappa shape index (κ1) is 18.8. The molecule has 7 unspecified atom stereocenters. The van der Waals surface area contributed by atoms with Crippen LogP contribution in [-0.4, -0.2) is 22.4 Å². The average molecular weight is 494 g/mol. The second kappa shape index (κ2) is 6.08. The molecular formula is C25H35IO2. The summed E-state index contributed by atoms with van der Waals surface area (Å²) < 4.78 is 7.87. The quantitative estimate of drug-likeness (QED) is 0.355. The van der Waals surface area contributed by atoms with Gasteiger partial charge in [0.05, 0.1) is 12.2 Å². The third-order valence-corrected chi connectivity index (χ3v) is 11.1. The molecule has 0 aliphatic heterocycles. The van der Waals surface area contributed by atoms with Crippen molar-refractivity contribution < 1.29 is 9.53 Å². The van der Waals surface area contributed by atoms with Crippen LogP contribution in [0.1, 0.15) is 71.6 Å². The maximum Gasteiger partial charge on any atom is 0.155 e. The molecule has 3 heteroatoms. The lowest BCUT2D eigenvalue weighted by atomic mass is 9.46. The SMILES string of the molecule is CCC12CCC3C4CCC(=O)C=C4C4(CC4)CC3C1C1C[C@@H]1C2(C)OCCI. The summed E-state index contributed by atoms with van der Waals surface area (Å²) >= 11 is 2.47. The highest BCUT2D eigenvalue weighted by atomic mass is 127. The molecular weight excluding hydrogens is 459 g/mol. The van der Waals surface area contributed by atoms with Gasteiger partial charge in [-0.25, -0.2) is 0 Å². The summed E-state index contributed by atoms with van der Waals surface area (Å²) in [6.07, 6.45) is 13.6. The Morgan fingerprint density at radius 1 is 1.18 bits per heavy atom. The third-order valence-electron chi connectivity index (χ3n) is 10.7. The van der Waals surface area contributed by atoms with Gasteiger partial charge < -0.3 is 4.74 Å². The second-order valence-electron chi connectivity index (χ2n) is 11.2. The molecule has 0 aromatic carbocycles. The van der Waals surface area contributed by atoms with Crippen molar-refractivity contribution in [2.45, 2.75) is 77.2 Å². The van der Waals surface area contributed by atoms with Crippen LogP contribution in [0.15, 0.2) is 11.6 Å². The summed E-state index contributed by atoms with van der Waals surface area (Å²) in [5.41, 5.74) is 2.58. The standard InChI is InChI=1S/C25H35IO2/c1-3-25-7-6-16-17-5-4-15(27)12-21(17)24(8-9-24)14-19(16)22(25)18-13-20(18)23(25,2)28-11-10-26/h12,16-20,22H,3-11,13-14H2,1-2H3/t16?,17?,18?,19?,20-,22?,23?,25?/m0/s1. The van der Waals surface area contributed by atoms with Crippen LogP contribution in [-0.2, 0) is 9.53 Å². The van der Waals surface area contributed by atoms with Crippen molar-refractivity contribution in [3.8, 4) is 0 Å². The van der Waals surface area contributed by atoms with E-state index in [0.717, 1.165) is 59.4 Å². The zero-order chi connectivity index (χ0) is 19.3. The highest BCUT2D eigenvalue weighted by molar-refractivity contribution is 14.1. The summed E-state index contributed by atoms with van der Waals surface area (Å²) in [6, 6.07) is 0. The Balaban J connectivity index is 1.39. The first-order valence-electron chi connectivity index (χ1n) is 11.9. The summed E-state index contributed by atoms with van der Waals surface area (Å²) in [5, 5.41) is 0. The molecule has 5 fully saturated rings. The molecule has 6 rings (SSSR count). The Kier molecular flexibility index (Phi) is 4.09. The number of carbonyl (C=O) groups excluding carboxylic acids is 1. The van der Waals surface area contributed by atoms with Gasteiger partial charge in [-0.1, -0.05) is 35.1 Å². The molecule has 0 heterocycles. The van der Waals surface area contributed by atoms with Gasteiger partial charge in [-0.15, -0.1) is 0 Å². The number of fused-ring (bicyclic) bond motifs is 8. The molecule has 0 N–H and O–H groups in total. The van der Waals surface area contributed by atoms with Crippen molar-refractivity contribution >= 4 is 28.4 Å². The van der Waals surface area contributed by atoms with Crippen LogP contribution in [0.5, 0.6) is 0 Å². The molecule has 6 aliphatic rings. The van der Waals surface area contributed by atoms with Crippen molar-refractivity contribution in [3.63, 3.8) is 0 Å². The van der Waals surface area contributed by atoms with E-state index in [9.17, 15) is 4.79 Å². The number of ether oxygens (including phenoxy) is 1. The molecule has 8 atom stereocenters. The average Bonchev–Trinajstić information content (AvgIpc) is 3.61. The summed E-state index contributed by atoms with van der Waals surface area (Å²) in [6.45, 7) is 5.89. The lowest BCUT2D eigenvalue weighted by Crippen LogP contribution is -2.57. The second-order valence-corrected chi connectivity index (χ2v) is 12.3. The van der Waals surface area contributed by atoms with Gasteiger partial charge in [-0.3, -0.25) is 4.79 Å². The van der Waals surface area contributed by atoms with Gasteiger partial charge in [0.25, 0.3) is 0 Å². The molecule has 0 amide bonds. The van der Waals surface area contributed by atoms with Crippen LogP contribution in [0.3, 0.4) is 0 Å². The third kappa shape index (κ3) is 2.22. The van der Waals surface area contributed by atoms with Crippen LogP contribution < -0.4 is 0 Å². The number of halogens is 1. The van der Waals surface area contributed by atoms with E-state index in [1.807, 2.05) is 0 Å². The number of hydrogen-bond acceptors (Lipinski definition) is 2. The van der Waals surface area contributed by atoms with Gasteiger partial charge in [0.2, 0.25) is 0 Å². The van der Waals surface area contributed by atoms with Gasteiger partial charge in [0.1, 0.15) is 0 Å². The lowest BCUT2D eigenvalue weighted by Gasteiger charge is -2.60. The largest absolute Gasteiger partial charge is 0.374 e. The highest BCUT2D eigenvalue weighted by Gasteiger charge is 2.77. The Bertz CT molecular complexity index is 739. The fourth-order valence-corrected chi connectivity index (χ4v) is 9.67. The molecule has 28 heavy (non-hydrogen) atoms. The van der Waals surface area contributed by atoms with E-state index in [1.54, 1.807) is 5.57 Å². The molecule has 154 valence electrons. The predicted octanol–water partition coefficient (Wildman–Crippen LogP) is 5.97. The maximum atomic E-state index is 12.2. The van der Waals surface area contributed by atoms with Gasteiger partial charge in [0, 0.05) is 16.3 Å². The normalized spacial score (nSPS) is 52.4. The number of carbonyl (C=O) groups is 1. The van der Waals surface area contributed by atoms with E-state index >= 15 is 0 Å². The maximum absolute atomic E-state index is 12.2. The fraction of sp³-hybridized carbons (Fsp3) is 0.880. The molecule has 0 aromatic rings. The molecule has 0 radical (unpaired) electrons. The molecule has 0 bridgehead atoms. The Hall–Kier alpha value is 0.1000. The van der Waals surface area contributed by atoms with Crippen LogP contribution in [0.2, 0.25) is 0 Å². The smallest absolute Gasteiger partial charge is 0.155 e. The van der Waals surface area contributed by atoms with Gasteiger partial charge in [0.15, 0.2) is 5.78 Å². The van der Waals surface area contributed by atoms with E-state index in [4.69, 9.17) is 4.74 Å². The Morgan fingerprint density at radius 2 is 2.00 bits per heavy atom. The van der Waals surface area contributed by atoms with Crippen molar-refractivity contribution in [2.75, 3.05) is 11.0 Å². The number of allylic oxidation sites excluding steroid dienone is 1. The molecule has 0 saturated heterocycles. The molecule has 5 saturated carbocycles. The van der Waals surface area contributed by atoms with E-state index in [1.165, 1.54) is 44.9 Å². The van der Waals surface area contributed by atoms with Gasteiger partial charge in [-0.05, 0) is 105 Å². The number of alkyl halides is 1. The van der Waals surface area contributed by atoms with Crippen molar-refractivity contribution in [3.05, 3.63) is 11.6 Å². The number of ketones is 1. The van der Waals surface area contributed by atoms with Crippen LogP contribution in [0.25, 0.3) is 0 Å². The summed E-state index contributed by atoms with van der Waals surface area (Å²) in [5.74, 6) is 5.52. The van der Waals surface area contributed by atoms with Crippen molar-refractivity contribution in [2.24, 2.45) is 46.3 Å². The summed E-state index contributed by atoms with van der Waals surface area (Å²) in [4.78, 5) is 12.2. The predicted molar refractivity (Wildman–Crippen MR) is 119 cm³/mol. The minimum atomic E-state index is 0.114. The molecule has 0 aromatic heterocycles. The lowest BCUT2D eigenvalue weighted by molar-refractivity contribution is -0.172. The zero-order valence-corrected chi connectivity index (χ0v) is 19.7. The van der Waals surface area contributed by atoms with E-state index < -0.39 is 0 Å². The first-order valence-corrected chi connectivity index (χ1v) is 13.5. The van der Waals surface area contributed by atoms with Crippen molar-refractivity contribution in [1.82, 2.24) is 0 Å². The fourth-order valence-electron chi connectivity index (χ4n) is 9.45. The monoisotopic (exact) mass is 494 g/mol. The van der Waals surface area contributed by atoms with Gasteiger partial charge in [-0.2, -0.15) is 0 Å². The van der Waals surface area contributed by atoms with Crippen LogP contribution >= 0.6 is 22.6 Å². The van der Waals surface area contributed by atoms with Crippen LogP contribution in [0, 0.1) is 46.3 Å². The zero-order valence-electron chi connectivity index (χ0n) is 17.5. The van der Waals surface area contributed by atoms with E-state index in [2.05, 4.69) is 42.5 Å². The van der Waals surface area contributed by atoms with E-state index in [-0.39, 0.29) is 5.60 Å². The molecule has 6 aliphatic carbocycles. The van der Waals surface area contributed by atoms with Crippen LogP contribution in [0.4, 0.5) is 0 Å². The molecule has 2 nitrogen and oxygen atoms in total. The Labute approximate surface area is 183 Å². The highest BCUT2D eigenvalue weighted by Crippen LogP contribution is 2.79. The van der Waals surface area contributed by atoms with Gasteiger partial charge >= 0.3 is 0 Å².